The van der Waals surface area contributed by atoms with Crippen LogP contribution in [-0.2, 0) is 16.1 Å². The molecule has 1 N–H and O–H groups in total. The van der Waals surface area contributed by atoms with E-state index in [9.17, 15) is 19.1 Å². The Bertz CT molecular complexity index is 1190. The standard InChI is InChI=1S/C24H16Cl2FNO3/c25-18-11-8-16(12-19(18)26)22(29)20-21(15-4-2-1-3-5-15)28(24(31)23(20)30)13-14-6-9-17(27)10-7-14/h1-12,21,29H,13H2/b22-20-. The summed E-state index contributed by atoms with van der Waals surface area (Å²) in [6.07, 6.45) is 0. The van der Waals surface area contributed by atoms with Crippen LogP contribution in [0.5, 0.6) is 0 Å². The maximum atomic E-state index is 13.3. The van der Waals surface area contributed by atoms with Crippen molar-refractivity contribution in [2.24, 2.45) is 0 Å². The minimum absolute atomic E-state index is 0.0447. The molecule has 3 aromatic carbocycles. The van der Waals surface area contributed by atoms with Gasteiger partial charge in [0.2, 0.25) is 0 Å². The summed E-state index contributed by atoms with van der Waals surface area (Å²) in [7, 11) is 0. The molecule has 1 unspecified atom stereocenters. The van der Waals surface area contributed by atoms with Crippen LogP contribution in [-0.4, -0.2) is 21.7 Å². The van der Waals surface area contributed by atoms with Crippen LogP contribution in [0, 0.1) is 5.82 Å². The number of hydrogen-bond donors (Lipinski definition) is 1. The molecule has 0 radical (unpaired) electrons. The van der Waals surface area contributed by atoms with Crippen LogP contribution in [0.1, 0.15) is 22.7 Å². The van der Waals surface area contributed by atoms with Crippen molar-refractivity contribution in [2.45, 2.75) is 12.6 Å². The van der Waals surface area contributed by atoms with Crippen molar-refractivity contribution in [1.29, 1.82) is 0 Å². The van der Waals surface area contributed by atoms with Crippen molar-refractivity contribution in [3.8, 4) is 0 Å². The Labute approximate surface area is 188 Å². The topological polar surface area (TPSA) is 57.6 Å². The van der Waals surface area contributed by atoms with Gasteiger partial charge in [0.25, 0.3) is 11.7 Å². The fraction of sp³-hybridized carbons (Fsp3) is 0.0833. The Kier molecular flexibility index (Phi) is 5.81. The highest BCUT2D eigenvalue weighted by Crippen LogP contribution is 2.40. The molecule has 1 heterocycles. The summed E-state index contributed by atoms with van der Waals surface area (Å²) in [5.74, 6) is -2.29. The molecule has 0 bridgehead atoms. The van der Waals surface area contributed by atoms with Gasteiger partial charge in [0.15, 0.2) is 0 Å². The summed E-state index contributed by atoms with van der Waals surface area (Å²) in [6.45, 7) is 0.0720. The molecule has 1 aliphatic heterocycles. The SMILES string of the molecule is O=C1C(=O)N(Cc2ccc(F)cc2)C(c2ccccc2)/C1=C(/O)c1ccc(Cl)c(Cl)c1. The van der Waals surface area contributed by atoms with E-state index in [1.54, 1.807) is 36.4 Å². The van der Waals surface area contributed by atoms with Crippen molar-refractivity contribution < 1.29 is 19.1 Å². The molecule has 1 saturated heterocycles. The van der Waals surface area contributed by atoms with Gasteiger partial charge >= 0.3 is 0 Å². The Balaban J connectivity index is 1.85. The monoisotopic (exact) mass is 455 g/mol. The van der Waals surface area contributed by atoms with Gasteiger partial charge in [-0.3, -0.25) is 9.59 Å². The van der Waals surface area contributed by atoms with Crippen LogP contribution in [0.4, 0.5) is 4.39 Å². The van der Waals surface area contributed by atoms with Gasteiger partial charge in [-0.2, -0.15) is 0 Å². The lowest BCUT2D eigenvalue weighted by Crippen LogP contribution is -2.29. The molecule has 0 aromatic heterocycles. The number of hydrogen-bond acceptors (Lipinski definition) is 3. The molecule has 0 saturated carbocycles. The predicted octanol–water partition coefficient (Wildman–Crippen LogP) is 5.75. The fourth-order valence-electron chi connectivity index (χ4n) is 3.61. The lowest BCUT2D eigenvalue weighted by atomic mass is 9.95. The molecule has 4 nitrogen and oxygen atoms in total. The van der Waals surface area contributed by atoms with E-state index in [2.05, 4.69) is 0 Å². The van der Waals surface area contributed by atoms with Gasteiger partial charge in [0.1, 0.15) is 11.6 Å². The van der Waals surface area contributed by atoms with Crippen LogP contribution < -0.4 is 0 Å². The molecule has 3 aromatic rings. The Morgan fingerprint density at radius 3 is 2.26 bits per heavy atom. The summed E-state index contributed by atoms with van der Waals surface area (Å²) in [5.41, 5.74) is 1.54. The molecular formula is C24H16Cl2FNO3. The number of rotatable bonds is 4. The van der Waals surface area contributed by atoms with Crippen molar-refractivity contribution in [2.75, 3.05) is 0 Å². The van der Waals surface area contributed by atoms with E-state index in [4.69, 9.17) is 23.2 Å². The largest absolute Gasteiger partial charge is 0.507 e. The number of nitrogens with zero attached hydrogens (tertiary/aromatic N) is 1. The lowest BCUT2D eigenvalue weighted by molar-refractivity contribution is -0.140. The number of aliphatic hydroxyl groups is 1. The number of Topliss-reactive ketones (excluding diaryl/α,β-unsaturated/α-hetero) is 1. The van der Waals surface area contributed by atoms with Gasteiger partial charge in [-0.05, 0) is 41.5 Å². The minimum atomic E-state index is -0.819. The first kappa shape index (κ1) is 21.1. The highest BCUT2D eigenvalue weighted by atomic mass is 35.5. The maximum absolute atomic E-state index is 13.3. The smallest absolute Gasteiger partial charge is 0.295 e. The van der Waals surface area contributed by atoms with E-state index in [0.717, 1.165) is 0 Å². The van der Waals surface area contributed by atoms with Crippen LogP contribution in [0.3, 0.4) is 0 Å². The number of benzene rings is 3. The van der Waals surface area contributed by atoms with Crippen molar-refractivity contribution in [3.05, 3.63) is 111 Å². The third-order valence-electron chi connectivity index (χ3n) is 5.11. The molecule has 1 aliphatic rings. The second-order valence-corrected chi connectivity index (χ2v) is 7.91. The Morgan fingerprint density at radius 2 is 1.61 bits per heavy atom. The summed E-state index contributed by atoms with van der Waals surface area (Å²) in [6, 6.07) is 18.3. The molecule has 7 heteroatoms. The third kappa shape index (κ3) is 4.07. The van der Waals surface area contributed by atoms with Crippen LogP contribution >= 0.6 is 23.2 Å². The van der Waals surface area contributed by atoms with E-state index in [1.807, 2.05) is 6.07 Å². The van der Waals surface area contributed by atoms with Crippen molar-refractivity contribution in [3.63, 3.8) is 0 Å². The summed E-state index contributed by atoms with van der Waals surface area (Å²) < 4.78 is 13.3. The molecule has 1 fully saturated rings. The number of carbonyl (C=O) groups excluding carboxylic acids is 2. The maximum Gasteiger partial charge on any atom is 0.295 e. The number of carbonyl (C=O) groups is 2. The predicted molar refractivity (Wildman–Crippen MR) is 117 cm³/mol. The van der Waals surface area contributed by atoms with Gasteiger partial charge in [-0.25, -0.2) is 4.39 Å². The fourth-order valence-corrected chi connectivity index (χ4v) is 3.91. The first-order valence-electron chi connectivity index (χ1n) is 9.40. The zero-order valence-electron chi connectivity index (χ0n) is 16.1. The van der Waals surface area contributed by atoms with Crippen molar-refractivity contribution in [1.82, 2.24) is 4.90 Å². The van der Waals surface area contributed by atoms with E-state index >= 15 is 0 Å². The van der Waals surface area contributed by atoms with Crippen LogP contribution in [0.2, 0.25) is 10.0 Å². The zero-order valence-corrected chi connectivity index (χ0v) is 17.6. The highest BCUT2D eigenvalue weighted by molar-refractivity contribution is 6.46. The third-order valence-corrected chi connectivity index (χ3v) is 5.85. The second-order valence-electron chi connectivity index (χ2n) is 7.09. The minimum Gasteiger partial charge on any atom is -0.507 e. The Hall–Kier alpha value is -3.15. The molecule has 1 amide bonds. The lowest BCUT2D eigenvalue weighted by Gasteiger charge is -2.25. The Morgan fingerprint density at radius 1 is 0.935 bits per heavy atom. The number of amides is 1. The molecule has 0 spiro atoms. The van der Waals surface area contributed by atoms with Gasteiger partial charge in [0, 0.05) is 12.1 Å². The normalized spacial score (nSPS) is 17.9. The van der Waals surface area contributed by atoms with Gasteiger partial charge in [-0.15, -0.1) is 0 Å². The molecular weight excluding hydrogens is 440 g/mol. The first-order chi connectivity index (χ1) is 14.9. The second kappa shape index (κ2) is 8.53. The van der Waals surface area contributed by atoms with Gasteiger partial charge in [0.05, 0.1) is 21.7 Å². The number of likely N-dealkylation sites (tertiary alicyclic amines) is 1. The molecule has 31 heavy (non-hydrogen) atoms. The summed E-state index contributed by atoms with van der Waals surface area (Å²) >= 11 is 12.0. The quantitative estimate of drug-likeness (QED) is 0.309. The van der Waals surface area contributed by atoms with Crippen LogP contribution in [0.15, 0.2) is 78.4 Å². The highest BCUT2D eigenvalue weighted by Gasteiger charge is 2.46. The zero-order chi connectivity index (χ0) is 22.1. The van der Waals surface area contributed by atoms with Crippen molar-refractivity contribution >= 4 is 40.7 Å². The van der Waals surface area contributed by atoms with E-state index in [0.29, 0.717) is 16.1 Å². The number of aliphatic hydroxyl groups excluding tert-OH is 1. The van der Waals surface area contributed by atoms with E-state index in [-0.39, 0.29) is 28.5 Å². The molecule has 4 rings (SSSR count). The molecule has 156 valence electrons. The average Bonchev–Trinajstić information content (AvgIpc) is 3.02. The summed E-state index contributed by atoms with van der Waals surface area (Å²) in [5, 5.41) is 11.5. The molecule has 0 aliphatic carbocycles. The summed E-state index contributed by atoms with van der Waals surface area (Å²) in [4.78, 5) is 27.3. The van der Waals surface area contributed by atoms with Gasteiger partial charge in [-0.1, -0.05) is 65.7 Å². The molecule has 1 atom stereocenters. The first-order valence-corrected chi connectivity index (χ1v) is 10.2. The van der Waals surface area contributed by atoms with E-state index < -0.39 is 23.5 Å². The van der Waals surface area contributed by atoms with E-state index in [1.165, 1.54) is 35.2 Å². The number of ketones is 1. The van der Waals surface area contributed by atoms with Crippen LogP contribution in [0.25, 0.3) is 5.76 Å². The van der Waals surface area contributed by atoms with Gasteiger partial charge < -0.3 is 10.0 Å². The average molecular weight is 456 g/mol. The number of halogens is 3.